The number of carbonyl (C=O) groups is 1. The number of hydrogen-bond donors (Lipinski definition) is 1. The number of Topliss-reactive ketones (excluding diaryl/α,β-unsaturated/α-hetero) is 1. The molecular weight excluding hydrogens is 241 g/mol. The number of hydrogen-bond acceptors (Lipinski definition) is 2. The van der Waals surface area contributed by atoms with E-state index in [4.69, 9.17) is 0 Å². The predicted octanol–water partition coefficient (Wildman–Crippen LogP) is -2.18. The molecule has 10 heavy (non-hydrogen) atoms. The van der Waals surface area contributed by atoms with E-state index in [9.17, 15) is 4.79 Å². The van der Waals surface area contributed by atoms with Crippen molar-refractivity contribution in [1.82, 2.24) is 3.53 Å². The van der Waals surface area contributed by atoms with Crippen molar-refractivity contribution in [3.63, 3.8) is 0 Å². The van der Waals surface area contributed by atoms with Crippen molar-refractivity contribution < 1.29 is 26.3 Å². The number of rotatable bonds is 4. The molecule has 0 spiro atoms. The van der Waals surface area contributed by atoms with Gasteiger partial charge in [-0.2, -0.15) is 0 Å². The fourth-order valence-electron chi connectivity index (χ4n) is 0.790. The van der Waals surface area contributed by atoms with Crippen molar-refractivity contribution in [3.8, 4) is 0 Å². The Morgan fingerprint density at radius 3 is 2.10 bits per heavy atom. The fraction of sp³-hybridized carbons (Fsp3) is 0.857. The van der Waals surface area contributed by atoms with Crippen LogP contribution in [0.25, 0.3) is 0 Å². The molecule has 0 aromatic rings. The van der Waals surface area contributed by atoms with Crippen molar-refractivity contribution in [3.05, 3.63) is 0 Å². The molecule has 0 aromatic carbocycles. The summed E-state index contributed by atoms with van der Waals surface area (Å²) in [6, 6.07) is 0.0952. The van der Waals surface area contributed by atoms with E-state index >= 15 is 0 Å². The van der Waals surface area contributed by atoms with Gasteiger partial charge in [-0.25, -0.2) is 0 Å². The molecule has 3 heteroatoms. The molecule has 0 radical (unpaired) electrons. The van der Waals surface area contributed by atoms with Crippen LogP contribution in [0.15, 0.2) is 0 Å². The van der Waals surface area contributed by atoms with Crippen LogP contribution < -0.4 is 25.0 Å². The first kappa shape index (κ1) is 10.4. The molecule has 1 unspecified atom stereocenters. The molecule has 0 saturated heterocycles. The molecular formula is C7H15INO-. The molecule has 0 amide bonds. The van der Waals surface area contributed by atoms with Crippen molar-refractivity contribution in [2.75, 3.05) is 4.93 Å². The maximum atomic E-state index is 10.9. The van der Waals surface area contributed by atoms with Crippen molar-refractivity contribution in [1.29, 1.82) is 0 Å². The first-order chi connectivity index (χ1) is 4.59. The van der Waals surface area contributed by atoms with Gasteiger partial charge in [-0.1, -0.05) is 0 Å². The first-order valence-corrected chi connectivity index (χ1v) is 6.57. The summed E-state index contributed by atoms with van der Waals surface area (Å²) in [5, 5.41) is 0. The Morgan fingerprint density at radius 1 is 1.50 bits per heavy atom. The summed E-state index contributed by atoms with van der Waals surface area (Å²) >= 11 is 0.0292. The van der Waals surface area contributed by atoms with Gasteiger partial charge < -0.3 is 0 Å². The fourth-order valence-corrected chi connectivity index (χ4v) is 2.62. The Hall–Kier alpha value is 0.360. The molecule has 0 aliphatic carbocycles. The van der Waals surface area contributed by atoms with Gasteiger partial charge in [-0.3, -0.25) is 0 Å². The van der Waals surface area contributed by atoms with Gasteiger partial charge in [-0.15, -0.1) is 0 Å². The zero-order valence-corrected chi connectivity index (χ0v) is 9.10. The van der Waals surface area contributed by atoms with Gasteiger partial charge in [-0.05, 0) is 0 Å². The minimum absolute atomic E-state index is 0.0292. The van der Waals surface area contributed by atoms with Crippen molar-refractivity contribution in [2.24, 2.45) is 5.92 Å². The summed E-state index contributed by atoms with van der Waals surface area (Å²) in [6.45, 7) is 5.79. The van der Waals surface area contributed by atoms with Crippen LogP contribution >= 0.6 is 0 Å². The number of carbonyl (C=O) groups excluding carboxylic acids is 1. The summed E-state index contributed by atoms with van der Waals surface area (Å²) in [4.78, 5) is 13.1. The predicted molar refractivity (Wildman–Crippen MR) is 38.4 cm³/mol. The summed E-state index contributed by atoms with van der Waals surface area (Å²) in [7, 11) is 0. The van der Waals surface area contributed by atoms with Crippen LogP contribution in [0, 0.1) is 5.92 Å². The summed E-state index contributed by atoms with van der Waals surface area (Å²) in [6.07, 6.45) is 0. The third-order valence-electron chi connectivity index (χ3n) is 1.33. The zero-order valence-electron chi connectivity index (χ0n) is 6.94. The molecule has 2 nitrogen and oxygen atoms in total. The van der Waals surface area contributed by atoms with E-state index in [0.29, 0.717) is 5.92 Å². The molecule has 1 atom stereocenters. The molecule has 0 heterocycles. The number of ketones is 1. The van der Waals surface area contributed by atoms with Crippen LogP contribution in [-0.4, -0.2) is 16.8 Å². The van der Waals surface area contributed by atoms with Gasteiger partial charge in [0.15, 0.2) is 0 Å². The number of alkyl halides is 1. The van der Waals surface area contributed by atoms with Gasteiger partial charge in [0.05, 0.1) is 0 Å². The zero-order chi connectivity index (χ0) is 8.15. The monoisotopic (exact) mass is 256 g/mol. The van der Waals surface area contributed by atoms with E-state index < -0.39 is 0 Å². The SMILES string of the molecule is C[I-]NC(C(C)=O)C(C)C. The van der Waals surface area contributed by atoms with Crippen LogP contribution in [0.3, 0.4) is 0 Å². The molecule has 0 aliphatic heterocycles. The van der Waals surface area contributed by atoms with E-state index in [2.05, 4.69) is 22.3 Å². The maximum absolute atomic E-state index is 10.9. The Kier molecular flexibility index (Phi) is 5.25. The summed E-state index contributed by atoms with van der Waals surface area (Å²) < 4.78 is 3.24. The van der Waals surface area contributed by atoms with Crippen LogP contribution in [-0.2, 0) is 4.79 Å². The molecule has 0 rings (SSSR count). The second-order valence-electron chi connectivity index (χ2n) is 2.63. The second-order valence-corrected chi connectivity index (χ2v) is 4.33. The van der Waals surface area contributed by atoms with E-state index in [-0.39, 0.29) is 33.3 Å². The topological polar surface area (TPSA) is 29.1 Å². The normalized spacial score (nSPS) is 14.1. The number of halogens is 1. The molecule has 1 N–H and O–H groups in total. The van der Waals surface area contributed by atoms with E-state index in [1.807, 2.05) is 0 Å². The molecule has 0 aromatic heterocycles. The van der Waals surface area contributed by atoms with Gasteiger partial charge in [0.25, 0.3) is 0 Å². The average Bonchev–Trinajstić information content (AvgIpc) is 1.81. The molecule has 0 bridgehead atoms. The van der Waals surface area contributed by atoms with E-state index in [1.54, 1.807) is 6.92 Å². The second kappa shape index (κ2) is 5.07. The van der Waals surface area contributed by atoms with E-state index in [0.717, 1.165) is 0 Å². The van der Waals surface area contributed by atoms with Gasteiger partial charge >= 0.3 is 73.2 Å². The van der Waals surface area contributed by atoms with Crippen LogP contribution in [0.2, 0.25) is 0 Å². The Balaban J connectivity index is 3.85. The first-order valence-electron chi connectivity index (χ1n) is 3.34. The van der Waals surface area contributed by atoms with E-state index in [1.165, 1.54) is 0 Å². The molecule has 62 valence electrons. The van der Waals surface area contributed by atoms with Crippen LogP contribution in [0.5, 0.6) is 0 Å². The average molecular weight is 256 g/mol. The summed E-state index contributed by atoms with van der Waals surface area (Å²) in [5.74, 6) is 0.689. The standard InChI is InChI=1S/C7H15INO/c1-5(2)7(6(3)10)9-8-4/h5,7,9H,1-4H3/q-1. The molecule has 0 fully saturated rings. The Morgan fingerprint density at radius 2 is 2.00 bits per heavy atom. The number of nitrogens with one attached hydrogen (secondary N) is 1. The van der Waals surface area contributed by atoms with Crippen molar-refractivity contribution >= 4 is 5.78 Å². The van der Waals surface area contributed by atoms with Gasteiger partial charge in [0, 0.05) is 0 Å². The Labute approximate surface area is 73.4 Å². The third-order valence-corrected chi connectivity index (χ3v) is 2.63. The summed E-state index contributed by atoms with van der Waals surface area (Å²) in [5.41, 5.74) is 0. The molecule has 0 aliphatic rings. The quantitative estimate of drug-likeness (QED) is 0.352. The Bertz CT molecular complexity index is 114. The third kappa shape index (κ3) is 3.51. The van der Waals surface area contributed by atoms with Crippen LogP contribution in [0.4, 0.5) is 0 Å². The van der Waals surface area contributed by atoms with Crippen molar-refractivity contribution in [2.45, 2.75) is 26.8 Å². The van der Waals surface area contributed by atoms with Gasteiger partial charge in [0.2, 0.25) is 0 Å². The van der Waals surface area contributed by atoms with Crippen LogP contribution in [0.1, 0.15) is 20.8 Å². The molecule has 0 saturated carbocycles. The minimum atomic E-state index is 0.0292. The van der Waals surface area contributed by atoms with Gasteiger partial charge in [0.1, 0.15) is 0 Å².